The highest BCUT2D eigenvalue weighted by atomic mass is 79.9. The molecule has 114 valence electrons. The van der Waals surface area contributed by atoms with Gasteiger partial charge in [-0.2, -0.15) is 5.10 Å². The monoisotopic (exact) mass is 349 g/mol. The zero-order chi connectivity index (χ0) is 15.4. The van der Waals surface area contributed by atoms with E-state index in [1.807, 2.05) is 18.7 Å². The summed E-state index contributed by atoms with van der Waals surface area (Å²) in [6, 6.07) is 8.82. The quantitative estimate of drug-likeness (QED) is 0.860. The second kappa shape index (κ2) is 7.23. The predicted octanol–water partition coefficient (Wildman–Crippen LogP) is 3.74. The predicted molar refractivity (Wildman–Crippen MR) is 91.8 cm³/mol. The maximum atomic E-state index is 4.50. The van der Waals surface area contributed by atoms with E-state index in [0.717, 1.165) is 29.7 Å². The zero-order valence-electron chi connectivity index (χ0n) is 13.3. The van der Waals surface area contributed by atoms with Crippen LogP contribution in [0.3, 0.4) is 0 Å². The third-order valence-electron chi connectivity index (χ3n) is 3.86. The number of rotatable bonds is 6. The Balaban J connectivity index is 2.28. The molecule has 0 saturated heterocycles. The van der Waals surface area contributed by atoms with Crippen LogP contribution < -0.4 is 5.32 Å². The Kier molecular flexibility index (Phi) is 5.59. The largest absolute Gasteiger partial charge is 0.316 e. The minimum absolute atomic E-state index is 0.455. The van der Waals surface area contributed by atoms with Gasteiger partial charge in [0.05, 0.1) is 15.9 Å². The van der Waals surface area contributed by atoms with E-state index in [2.05, 4.69) is 64.5 Å². The molecule has 1 N–H and O–H groups in total. The van der Waals surface area contributed by atoms with Gasteiger partial charge >= 0.3 is 0 Å². The van der Waals surface area contributed by atoms with Crippen molar-refractivity contribution in [2.45, 2.75) is 33.1 Å². The van der Waals surface area contributed by atoms with Gasteiger partial charge in [0.25, 0.3) is 0 Å². The molecule has 21 heavy (non-hydrogen) atoms. The first-order chi connectivity index (χ1) is 10.0. The number of halogens is 1. The highest BCUT2D eigenvalue weighted by Gasteiger charge is 2.18. The van der Waals surface area contributed by atoms with Crippen molar-refractivity contribution in [3.8, 4) is 0 Å². The Hall–Kier alpha value is -1.13. The number of hydrogen-bond donors (Lipinski definition) is 1. The lowest BCUT2D eigenvalue weighted by molar-refractivity contribution is 0.569. The molecule has 0 aliphatic heterocycles. The van der Waals surface area contributed by atoms with Gasteiger partial charge in [-0.1, -0.05) is 36.8 Å². The molecule has 2 rings (SSSR count). The van der Waals surface area contributed by atoms with Gasteiger partial charge in [-0.25, -0.2) is 0 Å². The molecule has 0 fully saturated rings. The average Bonchev–Trinajstić information content (AvgIpc) is 2.69. The lowest BCUT2D eigenvalue weighted by Crippen LogP contribution is -2.23. The van der Waals surface area contributed by atoms with Gasteiger partial charge in [0.1, 0.15) is 0 Å². The van der Waals surface area contributed by atoms with Crippen LogP contribution >= 0.6 is 15.9 Å². The first-order valence-electron chi connectivity index (χ1n) is 7.48. The van der Waals surface area contributed by atoms with Crippen molar-refractivity contribution in [1.82, 2.24) is 15.1 Å². The van der Waals surface area contributed by atoms with Crippen LogP contribution in [-0.4, -0.2) is 22.9 Å². The molecule has 3 nitrogen and oxygen atoms in total. The summed E-state index contributed by atoms with van der Waals surface area (Å²) >= 11 is 3.68. The fraction of sp³-hybridized carbons (Fsp3) is 0.471. The second-order valence-electron chi connectivity index (χ2n) is 5.59. The maximum Gasteiger partial charge on any atom is 0.0738 e. The fourth-order valence-corrected chi connectivity index (χ4v) is 3.18. The topological polar surface area (TPSA) is 29.9 Å². The number of nitrogens with zero attached hydrogens (tertiary/aromatic N) is 2. The smallest absolute Gasteiger partial charge is 0.0738 e. The molecule has 0 saturated carbocycles. The van der Waals surface area contributed by atoms with Crippen LogP contribution in [0.15, 0.2) is 28.7 Å². The Bertz CT molecular complexity index is 604. The van der Waals surface area contributed by atoms with Gasteiger partial charge in [-0.3, -0.25) is 4.68 Å². The van der Waals surface area contributed by atoms with Gasteiger partial charge in [-0.15, -0.1) is 0 Å². The van der Waals surface area contributed by atoms with Gasteiger partial charge in [0.15, 0.2) is 0 Å². The molecule has 1 heterocycles. The summed E-state index contributed by atoms with van der Waals surface area (Å²) < 4.78 is 3.13. The van der Waals surface area contributed by atoms with Crippen LogP contribution in [0.4, 0.5) is 0 Å². The van der Waals surface area contributed by atoms with E-state index in [1.54, 1.807) is 0 Å². The van der Waals surface area contributed by atoms with Gasteiger partial charge in [-0.05, 0) is 48.3 Å². The van der Waals surface area contributed by atoms with Crippen molar-refractivity contribution in [2.75, 3.05) is 13.1 Å². The number of benzene rings is 1. The van der Waals surface area contributed by atoms with Gasteiger partial charge in [0.2, 0.25) is 0 Å². The summed E-state index contributed by atoms with van der Waals surface area (Å²) in [6.07, 6.45) is 0.981. The first-order valence-corrected chi connectivity index (χ1v) is 8.27. The van der Waals surface area contributed by atoms with E-state index in [4.69, 9.17) is 0 Å². The number of likely N-dealkylation sites (N-methyl/N-ethyl adjacent to an activating group) is 1. The lowest BCUT2D eigenvalue weighted by atomic mass is 9.93. The molecule has 1 unspecified atom stereocenters. The summed E-state index contributed by atoms with van der Waals surface area (Å²) in [5.41, 5.74) is 5.02. The van der Waals surface area contributed by atoms with Gasteiger partial charge < -0.3 is 5.32 Å². The van der Waals surface area contributed by atoms with Crippen LogP contribution in [0.25, 0.3) is 0 Å². The summed E-state index contributed by atoms with van der Waals surface area (Å²) in [7, 11) is 2.02. The molecule has 4 heteroatoms. The molecular formula is C17H24BrN3. The number of hydrogen-bond acceptors (Lipinski definition) is 2. The summed E-state index contributed by atoms with van der Waals surface area (Å²) in [4.78, 5) is 0. The van der Waals surface area contributed by atoms with Crippen molar-refractivity contribution in [3.63, 3.8) is 0 Å². The second-order valence-corrected chi connectivity index (χ2v) is 6.39. The molecule has 1 aromatic heterocycles. The molecule has 0 aliphatic carbocycles. The van der Waals surface area contributed by atoms with E-state index in [-0.39, 0.29) is 0 Å². The number of aryl methyl sites for hydroxylation is 3. The fourth-order valence-electron chi connectivity index (χ4n) is 2.69. The molecule has 1 atom stereocenters. The van der Waals surface area contributed by atoms with Crippen LogP contribution in [0.5, 0.6) is 0 Å². The third kappa shape index (κ3) is 3.95. The first kappa shape index (κ1) is 16.2. The normalized spacial score (nSPS) is 12.6. The van der Waals surface area contributed by atoms with Crippen LogP contribution in [0.1, 0.15) is 35.4 Å². The Morgan fingerprint density at radius 3 is 2.67 bits per heavy atom. The van der Waals surface area contributed by atoms with Crippen molar-refractivity contribution < 1.29 is 0 Å². The highest BCUT2D eigenvalue weighted by Crippen LogP contribution is 2.27. The van der Waals surface area contributed by atoms with Crippen molar-refractivity contribution in [1.29, 1.82) is 0 Å². The summed E-state index contributed by atoms with van der Waals surface area (Å²) in [6.45, 7) is 8.32. The lowest BCUT2D eigenvalue weighted by Gasteiger charge is -2.19. The van der Waals surface area contributed by atoms with E-state index in [0.29, 0.717) is 5.92 Å². The molecule has 2 aromatic rings. The van der Waals surface area contributed by atoms with Crippen molar-refractivity contribution in [3.05, 3.63) is 51.3 Å². The summed E-state index contributed by atoms with van der Waals surface area (Å²) in [5.74, 6) is 0.455. The zero-order valence-corrected chi connectivity index (χ0v) is 14.9. The molecule has 0 aliphatic rings. The molecule has 0 bridgehead atoms. The third-order valence-corrected chi connectivity index (χ3v) is 4.89. The SMILES string of the molecule is CCNCC(Cc1c(Br)c(C)nn1C)c1cccc(C)c1. The van der Waals surface area contributed by atoms with E-state index in [1.165, 1.54) is 16.8 Å². The Morgan fingerprint density at radius 1 is 1.33 bits per heavy atom. The Labute approximate surface area is 135 Å². The highest BCUT2D eigenvalue weighted by molar-refractivity contribution is 9.10. The van der Waals surface area contributed by atoms with Crippen LogP contribution in [0.2, 0.25) is 0 Å². The molecular weight excluding hydrogens is 326 g/mol. The minimum Gasteiger partial charge on any atom is -0.316 e. The van der Waals surface area contributed by atoms with E-state index in [9.17, 15) is 0 Å². The maximum absolute atomic E-state index is 4.50. The number of nitrogens with one attached hydrogen (secondary N) is 1. The average molecular weight is 350 g/mol. The molecule has 1 aromatic carbocycles. The van der Waals surface area contributed by atoms with E-state index >= 15 is 0 Å². The van der Waals surface area contributed by atoms with Gasteiger partial charge in [0, 0.05) is 19.5 Å². The summed E-state index contributed by atoms with van der Waals surface area (Å²) in [5, 5.41) is 7.99. The van der Waals surface area contributed by atoms with Crippen LogP contribution in [0, 0.1) is 13.8 Å². The Morgan fingerprint density at radius 2 is 2.10 bits per heavy atom. The van der Waals surface area contributed by atoms with Crippen molar-refractivity contribution in [2.24, 2.45) is 7.05 Å². The molecule has 0 radical (unpaired) electrons. The standard InChI is InChI=1S/C17H24BrN3/c1-5-19-11-15(14-8-6-7-12(2)9-14)10-16-17(18)13(3)20-21(16)4/h6-9,15,19H,5,10-11H2,1-4H3. The number of aromatic nitrogens is 2. The van der Waals surface area contributed by atoms with E-state index < -0.39 is 0 Å². The molecule has 0 spiro atoms. The van der Waals surface area contributed by atoms with Crippen LogP contribution in [-0.2, 0) is 13.5 Å². The van der Waals surface area contributed by atoms with Crippen molar-refractivity contribution >= 4 is 15.9 Å². The minimum atomic E-state index is 0.455. The molecule has 0 amide bonds.